The number of para-hydroxylation sites is 1. The Morgan fingerprint density at radius 1 is 1.00 bits per heavy atom. The van der Waals surface area contributed by atoms with E-state index >= 15 is 0 Å². The smallest absolute Gasteiger partial charge is 0.213 e. The van der Waals surface area contributed by atoms with Crippen LogP contribution in [0.5, 0.6) is 11.5 Å². The van der Waals surface area contributed by atoms with Gasteiger partial charge >= 0.3 is 0 Å². The largest absolute Gasteiger partial charge is 0.508 e. The van der Waals surface area contributed by atoms with Crippen molar-refractivity contribution >= 4 is 5.71 Å². The van der Waals surface area contributed by atoms with E-state index in [2.05, 4.69) is 11.1 Å². The molecule has 0 amide bonds. The number of phenolic OH excluding ortho intramolecular Hbond substituents is 1. The average Bonchev–Trinajstić information content (AvgIpc) is 3.14. The summed E-state index contributed by atoms with van der Waals surface area (Å²) in [6.07, 6.45) is 4.01. The number of nitrogens with zero attached hydrogens (tertiary/aromatic N) is 3. The third-order valence-corrected chi connectivity index (χ3v) is 4.87. The lowest BCUT2D eigenvalue weighted by Crippen LogP contribution is -2.33. The minimum atomic E-state index is -0.298. The Hall–Kier alpha value is -3.34. The fourth-order valence-electron chi connectivity index (χ4n) is 3.64. The molecular weight excluding hydrogens is 326 g/mol. The second kappa shape index (κ2) is 5.88. The lowest BCUT2D eigenvalue weighted by atomic mass is 9.96. The van der Waals surface area contributed by atoms with Gasteiger partial charge in [0.2, 0.25) is 6.23 Å². The molecule has 5 rings (SSSR count). The number of phenols is 1. The zero-order chi connectivity index (χ0) is 17.5. The van der Waals surface area contributed by atoms with Crippen LogP contribution < -0.4 is 4.74 Å². The SMILES string of the molecule is Oc1cccc(C2=NN3[C@H](C2)c2ccccc2O[C@H]3c2ccncc2)c1. The summed E-state index contributed by atoms with van der Waals surface area (Å²) >= 11 is 0. The number of hydrogen-bond acceptors (Lipinski definition) is 5. The van der Waals surface area contributed by atoms with Crippen LogP contribution in [-0.4, -0.2) is 20.8 Å². The van der Waals surface area contributed by atoms with Gasteiger partial charge in [-0.15, -0.1) is 0 Å². The predicted octanol–water partition coefficient (Wildman–Crippen LogP) is 4.03. The van der Waals surface area contributed by atoms with Crippen molar-refractivity contribution in [2.75, 3.05) is 0 Å². The van der Waals surface area contributed by atoms with E-state index in [0.29, 0.717) is 0 Å². The zero-order valence-corrected chi connectivity index (χ0v) is 14.0. The van der Waals surface area contributed by atoms with Gasteiger partial charge in [-0.3, -0.25) is 4.98 Å². The van der Waals surface area contributed by atoms with E-state index in [9.17, 15) is 5.11 Å². The standard InChI is InChI=1S/C21H17N3O2/c25-16-5-3-4-15(12-16)18-13-19-17-6-1-2-7-20(17)26-21(24(19)23-18)14-8-10-22-11-9-14/h1-12,19,21,25H,13H2/t19-,21+/m1/s1. The zero-order valence-electron chi connectivity index (χ0n) is 14.0. The summed E-state index contributed by atoms with van der Waals surface area (Å²) < 4.78 is 6.28. The molecule has 0 unspecified atom stereocenters. The van der Waals surface area contributed by atoms with Crippen molar-refractivity contribution in [3.63, 3.8) is 0 Å². The summed E-state index contributed by atoms with van der Waals surface area (Å²) in [6.45, 7) is 0. The summed E-state index contributed by atoms with van der Waals surface area (Å²) in [5.74, 6) is 1.14. The quantitative estimate of drug-likeness (QED) is 0.763. The first-order valence-electron chi connectivity index (χ1n) is 8.60. The van der Waals surface area contributed by atoms with Crippen LogP contribution in [-0.2, 0) is 0 Å². The second-order valence-electron chi connectivity index (χ2n) is 6.49. The van der Waals surface area contributed by atoms with E-state index in [1.165, 1.54) is 0 Å². The lowest BCUT2D eigenvalue weighted by molar-refractivity contribution is -0.0190. The number of pyridine rings is 1. The van der Waals surface area contributed by atoms with E-state index in [1.54, 1.807) is 24.5 Å². The van der Waals surface area contributed by atoms with Gasteiger partial charge in [-0.2, -0.15) is 5.10 Å². The van der Waals surface area contributed by atoms with Crippen LogP contribution in [0.4, 0.5) is 0 Å². The Morgan fingerprint density at radius 2 is 1.85 bits per heavy atom. The van der Waals surface area contributed by atoms with E-state index in [4.69, 9.17) is 9.84 Å². The third-order valence-electron chi connectivity index (χ3n) is 4.87. The van der Waals surface area contributed by atoms with Crippen LogP contribution in [0.3, 0.4) is 0 Å². The minimum Gasteiger partial charge on any atom is -0.508 e. The highest BCUT2D eigenvalue weighted by Gasteiger charge is 2.40. The fraction of sp³-hybridized carbons (Fsp3) is 0.143. The molecule has 0 saturated carbocycles. The molecule has 0 saturated heterocycles. The molecule has 0 bridgehead atoms. The first-order valence-corrected chi connectivity index (χ1v) is 8.60. The summed E-state index contributed by atoms with van der Waals surface area (Å²) in [5, 5.41) is 16.7. The molecule has 2 aliphatic rings. The maximum absolute atomic E-state index is 9.82. The van der Waals surface area contributed by atoms with Gasteiger partial charge in [0.05, 0.1) is 11.8 Å². The Bertz CT molecular complexity index is 987. The van der Waals surface area contributed by atoms with Crippen molar-refractivity contribution in [1.29, 1.82) is 0 Å². The van der Waals surface area contributed by atoms with Crippen molar-refractivity contribution in [3.8, 4) is 11.5 Å². The van der Waals surface area contributed by atoms with Gasteiger partial charge in [0.15, 0.2) is 0 Å². The molecule has 128 valence electrons. The average molecular weight is 343 g/mol. The molecule has 0 fully saturated rings. The monoisotopic (exact) mass is 343 g/mol. The van der Waals surface area contributed by atoms with Crippen molar-refractivity contribution in [2.24, 2.45) is 5.10 Å². The van der Waals surface area contributed by atoms with Crippen LogP contribution in [0.2, 0.25) is 0 Å². The maximum atomic E-state index is 9.82. The van der Waals surface area contributed by atoms with Crippen molar-refractivity contribution in [1.82, 2.24) is 9.99 Å². The van der Waals surface area contributed by atoms with Crippen LogP contribution in [0.1, 0.15) is 35.4 Å². The third kappa shape index (κ3) is 2.40. The lowest BCUT2D eigenvalue weighted by Gasteiger charge is -2.38. The van der Waals surface area contributed by atoms with Crippen molar-refractivity contribution in [3.05, 3.63) is 89.7 Å². The van der Waals surface area contributed by atoms with Gasteiger partial charge < -0.3 is 9.84 Å². The molecule has 3 heterocycles. The van der Waals surface area contributed by atoms with Gasteiger partial charge in [-0.25, -0.2) is 5.01 Å². The van der Waals surface area contributed by atoms with Gasteiger partial charge in [0.1, 0.15) is 11.5 Å². The van der Waals surface area contributed by atoms with Crippen molar-refractivity contribution < 1.29 is 9.84 Å². The van der Waals surface area contributed by atoms with Crippen LogP contribution in [0, 0.1) is 0 Å². The van der Waals surface area contributed by atoms with E-state index in [0.717, 1.165) is 34.6 Å². The molecule has 0 radical (unpaired) electrons. The van der Waals surface area contributed by atoms with Crippen LogP contribution in [0.25, 0.3) is 0 Å². The van der Waals surface area contributed by atoms with Crippen LogP contribution in [0.15, 0.2) is 78.2 Å². The van der Waals surface area contributed by atoms with E-state index in [-0.39, 0.29) is 18.0 Å². The number of ether oxygens (including phenoxy) is 1. The van der Waals surface area contributed by atoms with Gasteiger partial charge in [-0.1, -0.05) is 30.3 Å². The van der Waals surface area contributed by atoms with Gasteiger partial charge in [-0.05, 0) is 30.3 Å². The van der Waals surface area contributed by atoms with Crippen LogP contribution >= 0.6 is 0 Å². The highest BCUT2D eigenvalue weighted by atomic mass is 16.5. The Balaban J connectivity index is 1.60. The predicted molar refractivity (Wildman–Crippen MR) is 97.9 cm³/mol. The number of benzene rings is 2. The minimum absolute atomic E-state index is 0.107. The molecular formula is C21H17N3O2. The Morgan fingerprint density at radius 3 is 2.69 bits per heavy atom. The number of hydrazone groups is 1. The maximum Gasteiger partial charge on any atom is 0.213 e. The summed E-state index contributed by atoms with van der Waals surface area (Å²) in [6, 6.07) is 19.4. The number of aromatic nitrogens is 1. The topological polar surface area (TPSA) is 58.0 Å². The molecule has 3 aromatic rings. The number of hydrogen-bond donors (Lipinski definition) is 1. The first-order chi connectivity index (χ1) is 12.8. The fourth-order valence-corrected chi connectivity index (χ4v) is 3.64. The molecule has 5 nitrogen and oxygen atoms in total. The highest BCUT2D eigenvalue weighted by Crippen LogP contribution is 2.47. The number of fused-ring (bicyclic) bond motifs is 3. The Labute approximate surface area is 151 Å². The highest BCUT2D eigenvalue weighted by molar-refractivity contribution is 6.02. The normalized spacial score (nSPS) is 20.8. The molecule has 0 spiro atoms. The number of rotatable bonds is 2. The van der Waals surface area contributed by atoms with Gasteiger partial charge in [0, 0.05) is 35.5 Å². The molecule has 2 aliphatic heterocycles. The summed E-state index contributed by atoms with van der Waals surface area (Å²) in [4.78, 5) is 4.10. The summed E-state index contributed by atoms with van der Waals surface area (Å²) in [5.41, 5.74) is 4.03. The molecule has 0 aliphatic carbocycles. The van der Waals surface area contributed by atoms with Gasteiger partial charge in [0.25, 0.3) is 0 Å². The molecule has 26 heavy (non-hydrogen) atoms. The molecule has 2 atom stereocenters. The molecule has 1 N–H and O–H groups in total. The molecule has 2 aromatic carbocycles. The second-order valence-corrected chi connectivity index (χ2v) is 6.49. The van der Waals surface area contributed by atoms with Crippen molar-refractivity contribution in [2.45, 2.75) is 18.7 Å². The first kappa shape index (κ1) is 15.0. The number of aromatic hydroxyl groups is 1. The molecule has 1 aromatic heterocycles. The van der Waals surface area contributed by atoms with E-state index < -0.39 is 0 Å². The molecule has 5 heteroatoms. The Kier molecular flexibility index (Phi) is 3.38. The van der Waals surface area contributed by atoms with E-state index in [1.807, 2.05) is 47.5 Å². The summed E-state index contributed by atoms with van der Waals surface area (Å²) in [7, 11) is 0.